The number of ether oxygens (including phenoxy) is 2. The Bertz CT molecular complexity index is 775. The van der Waals surface area contributed by atoms with Crippen LogP contribution in [-0.4, -0.2) is 55.3 Å². The maximum Gasteiger partial charge on any atom is 0.254 e. The summed E-state index contributed by atoms with van der Waals surface area (Å²) in [6.07, 6.45) is 5.02. The minimum Gasteiger partial charge on any atom is -0.493 e. The van der Waals surface area contributed by atoms with Crippen molar-refractivity contribution in [2.24, 2.45) is 5.92 Å². The van der Waals surface area contributed by atoms with Crippen molar-refractivity contribution in [3.8, 4) is 5.75 Å². The van der Waals surface area contributed by atoms with E-state index in [1.165, 1.54) is 5.56 Å². The molecular weight excluding hydrogens is 344 g/mol. The van der Waals surface area contributed by atoms with Crippen molar-refractivity contribution in [1.29, 1.82) is 0 Å². The van der Waals surface area contributed by atoms with E-state index in [9.17, 15) is 4.79 Å². The van der Waals surface area contributed by atoms with Gasteiger partial charge in [-0.25, -0.2) is 9.97 Å². The number of rotatable bonds is 4. The number of benzene rings is 1. The average molecular weight is 368 g/mol. The molecule has 2 aliphatic heterocycles. The van der Waals surface area contributed by atoms with E-state index in [4.69, 9.17) is 9.47 Å². The Hall–Kier alpha value is -2.67. The molecule has 7 heteroatoms. The van der Waals surface area contributed by atoms with Gasteiger partial charge in [0.25, 0.3) is 5.91 Å². The monoisotopic (exact) mass is 368 g/mol. The second kappa shape index (κ2) is 8.35. The Balaban J connectivity index is 1.32. The topological polar surface area (TPSA) is 76.6 Å². The van der Waals surface area contributed by atoms with Crippen LogP contribution < -0.4 is 15.0 Å². The molecule has 0 unspecified atom stereocenters. The molecule has 0 spiro atoms. The largest absolute Gasteiger partial charge is 0.493 e. The molecule has 0 radical (unpaired) electrons. The number of morpholine rings is 1. The van der Waals surface area contributed by atoms with Crippen LogP contribution in [0.25, 0.3) is 0 Å². The third kappa shape index (κ3) is 4.36. The SMILES string of the molecule is O=C(NC[C@H]1CCOc2ccccc2C1)c1cnc(N2CCOCC2)nc1. The first-order chi connectivity index (χ1) is 13.3. The van der Waals surface area contributed by atoms with Gasteiger partial charge in [-0.2, -0.15) is 0 Å². The molecule has 2 aliphatic rings. The minimum absolute atomic E-state index is 0.137. The third-order valence-electron chi connectivity index (χ3n) is 5.01. The summed E-state index contributed by atoms with van der Waals surface area (Å²) in [6.45, 7) is 4.20. The number of aromatic nitrogens is 2. The number of amides is 1. The molecule has 1 saturated heterocycles. The van der Waals surface area contributed by atoms with Crippen LogP contribution >= 0.6 is 0 Å². The van der Waals surface area contributed by atoms with E-state index in [1.807, 2.05) is 18.2 Å². The first-order valence-corrected chi connectivity index (χ1v) is 9.43. The molecule has 1 fully saturated rings. The number of carbonyl (C=O) groups is 1. The van der Waals surface area contributed by atoms with Crippen molar-refractivity contribution in [2.75, 3.05) is 44.4 Å². The van der Waals surface area contributed by atoms with Gasteiger partial charge in [-0.05, 0) is 30.4 Å². The standard InChI is InChI=1S/C20H24N4O3/c25-19(17-13-22-20(23-14-17)24-6-9-26-10-7-24)21-12-15-5-8-27-18-4-2-1-3-16(18)11-15/h1-4,13-15H,5-12H2,(H,21,25)/t15-/m0/s1. The van der Waals surface area contributed by atoms with Gasteiger partial charge in [0, 0.05) is 32.0 Å². The van der Waals surface area contributed by atoms with Gasteiger partial charge in [0.05, 0.1) is 25.4 Å². The second-order valence-corrected chi connectivity index (χ2v) is 6.90. The van der Waals surface area contributed by atoms with E-state index in [0.29, 0.717) is 43.8 Å². The summed E-state index contributed by atoms with van der Waals surface area (Å²) >= 11 is 0. The van der Waals surface area contributed by atoms with Crippen molar-refractivity contribution in [2.45, 2.75) is 12.8 Å². The zero-order valence-electron chi connectivity index (χ0n) is 15.3. The zero-order valence-corrected chi connectivity index (χ0v) is 15.3. The summed E-state index contributed by atoms with van der Waals surface area (Å²) in [4.78, 5) is 23.2. The van der Waals surface area contributed by atoms with E-state index >= 15 is 0 Å². The van der Waals surface area contributed by atoms with Crippen LogP contribution in [0, 0.1) is 5.92 Å². The van der Waals surface area contributed by atoms with Gasteiger partial charge in [-0.15, -0.1) is 0 Å². The molecule has 0 saturated carbocycles. The van der Waals surface area contributed by atoms with Gasteiger partial charge in [-0.1, -0.05) is 18.2 Å². The van der Waals surface area contributed by atoms with Gasteiger partial charge >= 0.3 is 0 Å². The molecule has 1 aromatic heterocycles. The maximum absolute atomic E-state index is 12.5. The molecule has 1 aromatic carbocycles. The highest BCUT2D eigenvalue weighted by Gasteiger charge is 2.19. The van der Waals surface area contributed by atoms with Crippen molar-refractivity contribution in [3.05, 3.63) is 47.8 Å². The number of hydrogen-bond acceptors (Lipinski definition) is 6. The predicted octanol–water partition coefficient (Wildman–Crippen LogP) is 1.68. The van der Waals surface area contributed by atoms with Gasteiger partial charge in [0.1, 0.15) is 5.75 Å². The lowest BCUT2D eigenvalue weighted by Gasteiger charge is -2.26. The lowest BCUT2D eigenvalue weighted by Crippen LogP contribution is -2.37. The molecule has 3 heterocycles. The quantitative estimate of drug-likeness (QED) is 0.885. The molecule has 2 aromatic rings. The van der Waals surface area contributed by atoms with Crippen molar-refractivity contribution in [1.82, 2.24) is 15.3 Å². The van der Waals surface area contributed by atoms with Gasteiger partial charge in [0.2, 0.25) is 5.95 Å². The van der Waals surface area contributed by atoms with Crippen LogP contribution in [0.2, 0.25) is 0 Å². The van der Waals surface area contributed by atoms with Crippen LogP contribution in [0.3, 0.4) is 0 Å². The number of nitrogens with one attached hydrogen (secondary N) is 1. The van der Waals surface area contributed by atoms with Gasteiger partial charge in [-0.3, -0.25) is 4.79 Å². The molecule has 0 aliphatic carbocycles. The zero-order chi connectivity index (χ0) is 18.5. The average Bonchev–Trinajstić information content (AvgIpc) is 2.95. The summed E-state index contributed by atoms with van der Waals surface area (Å²) in [5, 5.41) is 3.02. The van der Waals surface area contributed by atoms with E-state index in [-0.39, 0.29) is 5.91 Å². The maximum atomic E-state index is 12.5. The van der Waals surface area contributed by atoms with Crippen LogP contribution in [-0.2, 0) is 11.2 Å². The number of anilines is 1. The Morgan fingerprint density at radius 2 is 1.93 bits per heavy atom. The highest BCUT2D eigenvalue weighted by atomic mass is 16.5. The molecule has 27 heavy (non-hydrogen) atoms. The second-order valence-electron chi connectivity index (χ2n) is 6.90. The fourth-order valence-corrected chi connectivity index (χ4v) is 3.44. The molecule has 142 valence electrons. The Morgan fingerprint density at radius 1 is 1.15 bits per heavy atom. The number of fused-ring (bicyclic) bond motifs is 1. The predicted molar refractivity (Wildman–Crippen MR) is 101 cm³/mol. The fourth-order valence-electron chi connectivity index (χ4n) is 3.44. The first-order valence-electron chi connectivity index (χ1n) is 9.43. The smallest absolute Gasteiger partial charge is 0.254 e. The molecule has 1 atom stereocenters. The molecule has 1 N–H and O–H groups in total. The summed E-state index contributed by atoms with van der Waals surface area (Å²) in [7, 11) is 0. The lowest BCUT2D eigenvalue weighted by molar-refractivity contribution is 0.0944. The molecule has 0 bridgehead atoms. The molecular formula is C20H24N4O3. The van der Waals surface area contributed by atoms with Gasteiger partial charge < -0.3 is 19.7 Å². The third-order valence-corrected chi connectivity index (χ3v) is 5.01. The first kappa shape index (κ1) is 17.7. The number of carbonyl (C=O) groups excluding carboxylic acids is 1. The lowest BCUT2D eigenvalue weighted by atomic mass is 9.97. The highest BCUT2D eigenvalue weighted by molar-refractivity contribution is 5.93. The van der Waals surface area contributed by atoms with E-state index in [1.54, 1.807) is 12.4 Å². The van der Waals surface area contributed by atoms with Crippen LogP contribution in [0.1, 0.15) is 22.3 Å². The minimum atomic E-state index is -0.137. The highest BCUT2D eigenvalue weighted by Crippen LogP contribution is 2.26. The van der Waals surface area contributed by atoms with E-state index in [2.05, 4.69) is 26.3 Å². The van der Waals surface area contributed by atoms with Crippen LogP contribution in [0.5, 0.6) is 5.75 Å². The molecule has 4 rings (SSSR count). The van der Waals surface area contributed by atoms with Crippen molar-refractivity contribution in [3.63, 3.8) is 0 Å². The number of nitrogens with zero attached hydrogens (tertiary/aromatic N) is 3. The Kier molecular flexibility index (Phi) is 5.48. The molecule has 1 amide bonds. The van der Waals surface area contributed by atoms with Crippen LogP contribution in [0.15, 0.2) is 36.7 Å². The normalized spacial score (nSPS) is 19.6. The van der Waals surface area contributed by atoms with E-state index in [0.717, 1.165) is 31.7 Å². The van der Waals surface area contributed by atoms with Crippen molar-refractivity contribution < 1.29 is 14.3 Å². The summed E-state index contributed by atoms with van der Waals surface area (Å²) < 4.78 is 11.1. The summed E-state index contributed by atoms with van der Waals surface area (Å²) in [5.41, 5.74) is 1.68. The summed E-state index contributed by atoms with van der Waals surface area (Å²) in [5.74, 6) is 1.82. The van der Waals surface area contributed by atoms with Crippen LogP contribution in [0.4, 0.5) is 5.95 Å². The van der Waals surface area contributed by atoms with Crippen molar-refractivity contribution >= 4 is 11.9 Å². The number of hydrogen-bond donors (Lipinski definition) is 1. The van der Waals surface area contributed by atoms with E-state index < -0.39 is 0 Å². The fraction of sp³-hybridized carbons (Fsp3) is 0.450. The summed E-state index contributed by atoms with van der Waals surface area (Å²) in [6, 6.07) is 8.11. The molecule has 7 nitrogen and oxygen atoms in total. The Morgan fingerprint density at radius 3 is 2.74 bits per heavy atom. The Labute approximate surface area is 158 Å². The number of para-hydroxylation sites is 1. The van der Waals surface area contributed by atoms with Gasteiger partial charge in [0.15, 0.2) is 0 Å².